The van der Waals surface area contributed by atoms with E-state index in [-0.39, 0.29) is 0 Å². The molecular weight excluding hydrogens is 356 g/mol. The van der Waals surface area contributed by atoms with E-state index in [0.717, 1.165) is 46.0 Å². The molecule has 1 N–H and O–H groups in total. The van der Waals surface area contributed by atoms with Crippen molar-refractivity contribution in [3.05, 3.63) is 94.5 Å². The molecule has 3 aromatic carbocycles. The maximum absolute atomic E-state index is 4.92. The van der Waals surface area contributed by atoms with Crippen LogP contribution in [-0.4, -0.2) is 25.6 Å². The number of aryl methyl sites for hydroxylation is 2. The van der Waals surface area contributed by atoms with Crippen molar-refractivity contribution in [2.45, 2.75) is 20.3 Å². The van der Waals surface area contributed by atoms with E-state index in [2.05, 4.69) is 90.9 Å². The van der Waals surface area contributed by atoms with Crippen molar-refractivity contribution in [1.82, 2.24) is 5.43 Å². The molecule has 0 amide bonds. The van der Waals surface area contributed by atoms with Gasteiger partial charge in [-0.25, -0.2) is 4.99 Å². The number of nitrogens with zero attached hydrogens (tertiary/aromatic N) is 3. The number of benzene rings is 3. The molecule has 0 aliphatic carbocycles. The van der Waals surface area contributed by atoms with Crippen LogP contribution in [0.15, 0.2) is 76.8 Å². The molecule has 0 saturated heterocycles. The Morgan fingerprint density at radius 3 is 2.21 bits per heavy atom. The minimum atomic E-state index is 0.760. The van der Waals surface area contributed by atoms with E-state index in [0.29, 0.717) is 0 Å². The number of amidine groups is 1. The summed E-state index contributed by atoms with van der Waals surface area (Å²) >= 11 is 0. The molecule has 1 aliphatic heterocycles. The normalized spacial score (nSPS) is 13.0. The highest BCUT2D eigenvalue weighted by molar-refractivity contribution is 6.18. The molecule has 3 aromatic rings. The molecule has 146 valence electrons. The molecule has 0 atom stereocenters. The fourth-order valence-corrected chi connectivity index (χ4v) is 3.38. The molecule has 4 rings (SSSR count). The molecule has 0 aromatic heterocycles. The first-order chi connectivity index (χ1) is 14.0. The summed E-state index contributed by atoms with van der Waals surface area (Å²) in [7, 11) is 4.09. The van der Waals surface area contributed by atoms with Crippen LogP contribution in [-0.2, 0) is 6.42 Å². The van der Waals surface area contributed by atoms with Crippen LogP contribution in [0.1, 0.15) is 34.7 Å². The van der Waals surface area contributed by atoms with E-state index in [1.165, 1.54) is 11.1 Å². The Morgan fingerprint density at radius 1 is 0.862 bits per heavy atom. The van der Waals surface area contributed by atoms with Crippen molar-refractivity contribution in [3.8, 4) is 0 Å². The molecule has 1 aliphatic rings. The van der Waals surface area contributed by atoms with Crippen LogP contribution in [0.4, 0.5) is 11.4 Å². The molecule has 0 spiro atoms. The lowest BCUT2D eigenvalue weighted by Crippen LogP contribution is -2.19. The van der Waals surface area contributed by atoms with Gasteiger partial charge in [-0.15, -0.1) is 0 Å². The van der Waals surface area contributed by atoms with Gasteiger partial charge < -0.3 is 4.90 Å². The first-order valence-electron chi connectivity index (χ1n) is 9.95. The number of nitrogens with one attached hydrogen (secondary N) is 1. The smallest absolute Gasteiger partial charge is 0.154 e. The highest BCUT2D eigenvalue weighted by atomic mass is 15.3. The van der Waals surface area contributed by atoms with Crippen LogP contribution in [0.3, 0.4) is 0 Å². The molecule has 0 radical (unpaired) electrons. The highest BCUT2D eigenvalue weighted by Crippen LogP contribution is 2.28. The number of rotatable bonds is 4. The monoisotopic (exact) mass is 382 g/mol. The predicted octanol–water partition coefficient (Wildman–Crippen LogP) is 5.06. The van der Waals surface area contributed by atoms with Gasteiger partial charge in [-0.3, -0.25) is 5.43 Å². The quantitative estimate of drug-likeness (QED) is 0.685. The summed E-state index contributed by atoms with van der Waals surface area (Å²) in [6, 6.07) is 23.3. The first kappa shape index (κ1) is 18.9. The minimum Gasteiger partial charge on any atom is -0.378 e. The topological polar surface area (TPSA) is 40.0 Å². The zero-order valence-electron chi connectivity index (χ0n) is 17.4. The van der Waals surface area contributed by atoms with Gasteiger partial charge in [-0.05, 0) is 43.2 Å². The minimum absolute atomic E-state index is 0.760. The second-order valence-corrected chi connectivity index (χ2v) is 7.55. The maximum atomic E-state index is 4.92. The molecular formula is C25H26N4. The van der Waals surface area contributed by atoms with Gasteiger partial charge in [-0.1, -0.05) is 55.0 Å². The lowest BCUT2D eigenvalue weighted by molar-refractivity contribution is 1.03. The summed E-state index contributed by atoms with van der Waals surface area (Å²) in [5, 5.41) is 4.79. The Bertz CT molecular complexity index is 1070. The third-order valence-corrected chi connectivity index (χ3v) is 5.21. The molecule has 4 nitrogen and oxygen atoms in total. The molecule has 0 saturated carbocycles. The lowest BCUT2D eigenvalue weighted by Gasteiger charge is -2.14. The van der Waals surface area contributed by atoms with Gasteiger partial charge >= 0.3 is 0 Å². The van der Waals surface area contributed by atoms with Crippen LogP contribution in [0.2, 0.25) is 0 Å². The van der Waals surface area contributed by atoms with Crippen molar-refractivity contribution in [1.29, 1.82) is 0 Å². The third-order valence-electron chi connectivity index (χ3n) is 5.21. The summed E-state index contributed by atoms with van der Waals surface area (Å²) in [6.45, 7) is 4.25. The summed E-state index contributed by atoms with van der Waals surface area (Å²) < 4.78 is 0. The Hall–Kier alpha value is -3.40. The van der Waals surface area contributed by atoms with E-state index >= 15 is 0 Å². The molecule has 29 heavy (non-hydrogen) atoms. The Morgan fingerprint density at radius 2 is 1.55 bits per heavy atom. The van der Waals surface area contributed by atoms with Crippen LogP contribution in [0.25, 0.3) is 0 Å². The number of aliphatic imine (C=N–C) groups is 1. The van der Waals surface area contributed by atoms with E-state index < -0.39 is 0 Å². The van der Waals surface area contributed by atoms with Crippen LogP contribution in [0.5, 0.6) is 0 Å². The highest BCUT2D eigenvalue weighted by Gasteiger charge is 2.18. The van der Waals surface area contributed by atoms with Crippen molar-refractivity contribution >= 4 is 22.9 Å². The van der Waals surface area contributed by atoms with E-state index in [4.69, 9.17) is 10.1 Å². The second kappa shape index (κ2) is 7.92. The van der Waals surface area contributed by atoms with Gasteiger partial charge in [0, 0.05) is 36.5 Å². The maximum Gasteiger partial charge on any atom is 0.154 e. The zero-order valence-corrected chi connectivity index (χ0v) is 17.4. The average molecular weight is 383 g/mol. The van der Waals surface area contributed by atoms with E-state index in [9.17, 15) is 0 Å². The summed E-state index contributed by atoms with van der Waals surface area (Å²) in [5.41, 5.74) is 11.9. The Balaban J connectivity index is 1.82. The summed E-state index contributed by atoms with van der Waals surface area (Å²) in [4.78, 5) is 7.01. The fourth-order valence-electron chi connectivity index (χ4n) is 3.38. The fraction of sp³-hybridized carbons (Fsp3) is 0.200. The third kappa shape index (κ3) is 3.92. The van der Waals surface area contributed by atoms with Crippen LogP contribution >= 0.6 is 0 Å². The summed E-state index contributed by atoms with van der Waals surface area (Å²) in [6.07, 6.45) is 0.974. The number of fused-ring (bicyclic) bond motifs is 1. The van der Waals surface area contributed by atoms with Crippen LogP contribution < -0.4 is 10.3 Å². The van der Waals surface area contributed by atoms with Crippen molar-refractivity contribution in [3.63, 3.8) is 0 Å². The van der Waals surface area contributed by atoms with Gasteiger partial charge in [0.25, 0.3) is 0 Å². The number of anilines is 1. The average Bonchev–Trinajstić information content (AvgIpc) is 2.93. The van der Waals surface area contributed by atoms with Gasteiger partial charge in [0.05, 0.1) is 11.4 Å². The van der Waals surface area contributed by atoms with E-state index in [1.807, 2.05) is 14.1 Å². The standard InChI is InChI=1S/C25H26N4/c1-5-18-8-15-23-22(16-18)24(19-11-13-21(14-12-19)29(3)4)27-28-25(26-23)20-9-6-17(2)7-10-20/h6-16H,5H2,1-4H3,(H,26,28). The SMILES string of the molecule is CCc1ccc2c(c1)C(c1ccc(N(C)C)cc1)=NNC(c1ccc(C)cc1)=N2. The summed E-state index contributed by atoms with van der Waals surface area (Å²) in [5.74, 6) is 0.760. The lowest BCUT2D eigenvalue weighted by atomic mass is 9.97. The molecule has 1 heterocycles. The van der Waals surface area contributed by atoms with Crippen molar-refractivity contribution < 1.29 is 0 Å². The number of hydrazone groups is 1. The number of hydrogen-bond acceptors (Lipinski definition) is 4. The zero-order chi connectivity index (χ0) is 20.4. The molecule has 0 unspecified atom stereocenters. The first-order valence-corrected chi connectivity index (χ1v) is 9.95. The van der Waals surface area contributed by atoms with E-state index in [1.54, 1.807) is 0 Å². The molecule has 4 heteroatoms. The van der Waals surface area contributed by atoms with Crippen molar-refractivity contribution in [2.24, 2.45) is 10.1 Å². The van der Waals surface area contributed by atoms with Crippen LogP contribution in [0, 0.1) is 6.92 Å². The largest absolute Gasteiger partial charge is 0.378 e. The van der Waals surface area contributed by atoms with Gasteiger partial charge in [0.2, 0.25) is 0 Å². The molecule has 0 fully saturated rings. The predicted molar refractivity (Wildman–Crippen MR) is 123 cm³/mol. The Labute approximate surface area is 172 Å². The Kier molecular flexibility index (Phi) is 5.17. The van der Waals surface area contributed by atoms with Crippen molar-refractivity contribution in [2.75, 3.05) is 19.0 Å². The van der Waals surface area contributed by atoms with Gasteiger partial charge in [0.1, 0.15) is 0 Å². The second-order valence-electron chi connectivity index (χ2n) is 7.55. The molecule has 0 bridgehead atoms. The van der Waals surface area contributed by atoms with Gasteiger partial charge in [0.15, 0.2) is 5.84 Å². The number of hydrogen-bond donors (Lipinski definition) is 1. The van der Waals surface area contributed by atoms with Gasteiger partial charge in [-0.2, -0.15) is 5.10 Å².